The molecular formula is C19H26N10O3. The number of carbonyl (C=O) groups is 1. The van der Waals surface area contributed by atoms with Gasteiger partial charge in [-0.05, 0) is 50.4 Å². The standard InChI is InChI=1S/C19H26N10O3/c1-5-28(6-2)13-8-7-12(15(30)9-13)10-21-23-19(31)16-14(11-27(3)4)29(26-22-16)18-17(20)24-32-25-18/h7-10,30H,5-6,11H2,1-4H3,(H2,20,24)(H,23,31). The number of phenolic OH excluding ortho intramolecular Hbond substituents is 1. The third-order valence-corrected chi connectivity index (χ3v) is 4.65. The van der Waals surface area contributed by atoms with Gasteiger partial charge in [-0.1, -0.05) is 5.21 Å². The van der Waals surface area contributed by atoms with E-state index < -0.39 is 5.91 Å². The topological polar surface area (TPSA) is 164 Å². The molecule has 3 aromatic rings. The number of hydrogen-bond acceptors (Lipinski definition) is 11. The summed E-state index contributed by atoms with van der Waals surface area (Å²) in [6.45, 7) is 6.05. The molecule has 4 N–H and O–H groups in total. The van der Waals surface area contributed by atoms with Crippen molar-refractivity contribution in [2.45, 2.75) is 20.4 Å². The highest BCUT2D eigenvalue weighted by Gasteiger charge is 2.24. The Morgan fingerprint density at radius 2 is 2.06 bits per heavy atom. The number of anilines is 2. The molecule has 0 unspecified atom stereocenters. The summed E-state index contributed by atoms with van der Waals surface area (Å²) >= 11 is 0. The van der Waals surface area contributed by atoms with Crippen LogP contribution in [0.4, 0.5) is 11.5 Å². The lowest BCUT2D eigenvalue weighted by molar-refractivity contribution is 0.0948. The lowest BCUT2D eigenvalue weighted by atomic mass is 10.2. The van der Waals surface area contributed by atoms with Crippen LogP contribution in [0.3, 0.4) is 0 Å². The van der Waals surface area contributed by atoms with Crippen molar-refractivity contribution in [2.24, 2.45) is 5.10 Å². The van der Waals surface area contributed by atoms with Crippen molar-refractivity contribution < 1.29 is 14.5 Å². The minimum absolute atomic E-state index is 0.0171. The maximum absolute atomic E-state index is 12.7. The zero-order valence-electron chi connectivity index (χ0n) is 18.3. The molecule has 0 aliphatic rings. The first kappa shape index (κ1) is 22.7. The van der Waals surface area contributed by atoms with Gasteiger partial charge < -0.3 is 20.6 Å². The number of hydrogen-bond donors (Lipinski definition) is 3. The van der Waals surface area contributed by atoms with Gasteiger partial charge in [0, 0.05) is 37.0 Å². The van der Waals surface area contributed by atoms with Crippen LogP contribution in [0.25, 0.3) is 5.82 Å². The highest BCUT2D eigenvalue weighted by molar-refractivity contribution is 5.94. The van der Waals surface area contributed by atoms with Gasteiger partial charge >= 0.3 is 0 Å². The maximum atomic E-state index is 12.7. The van der Waals surface area contributed by atoms with Crippen LogP contribution in [0.1, 0.15) is 35.6 Å². The minimum Gasteiger partial charge on any atom is -0.507 e. The fraction of sp³-hybridized carbons (Fsp3) is 0.368. The maximum Gasteiger partial charge on any atom is 0.293 e. The Balaban J connectivity index is 1.78. The summed E-state index contributed by atoms with van der Waals surface area (Å²) in [5.41, 5.74) is 9.98. The molecule has 0 aliphatic carbocycles. The summed E-state index contributed by atoms with van der Waals surface area (Å²) < 4.78 is 5.91. The molecule has 32 heavy (non-hydrogen) atoms. The Bertz CT molecular complexity index is 1100. The summed E-state index contributed by atoms with van der Waals surface area (Å²) in [6, 6.07) is 5.27. The number of nitrogens with one attached hydrogen (secondary N) is 1. The molecule has 13 nitrogen and oxygen atoms in total. The van der Waals surface area contributed by atoms with E-state index in [1.807, 2.05) is 38.9 Å². The lowest BCUT2D eigenvalue weighted by Crippen LogP contribution is -2.23. The Morgan fingerprint density at radius 3 is 2.66 bits per heavy atom. The zero-order chi connectivity index (χ0) is 23.3. The van der Waals surface area contributed by atoms with E-state index in [9.17, 15) is 9.90 Å². The first-order chi connectivity index (χ1) is 15.3. The van der Waals surface area contributed by atoms with Crippen LogP contribution in [0, 0.1) is 0 Å². The number of nitrogens with zero attached hydrogens (tertiary/aromatic N) is 8. The zero-order valence-corrected chi connectivity index (χ0v) is 18.3. The molecule has 0 spiro atoms. The van der Waals surface area contributed by atoms with Crippen molar-refractivity contribution in [3.63, 3.8) is 0 Å². The third-order valence-electron chi connectivity index (χ3n) is 4.65. The lowest BCUT2D eigenvalue weighted by Gasteiger charge is -2.21. The number of hydrazone groups is 1. The molecule has 0 radical (unpaired) electrons. The molecule has 2 heterocycles. The Morgan fingerprint density at radius 1 is 1.31 bits per heavy atom. The van der Waals surface area contributed by atoms with Gasteiger partial charge in [-0.3, -0.25) is 4.79 Å². The second kappa shape index (κ2) is 9.87. The Kier molecular flexibility index (Phi) is 7.00. The number of carbonyl (C=O) groups excluding carboxylic acids is 1. The van der Waals surface area contributed by atoms with Gasteiger partial charge in [0.1, 0.15) is 5.75 Å². The second-order valence-electron chi connectivity index (χ2n) is 7.12. The van der Waals surface area contributed by atoms with Crippen LogP contribution < -0.4 is 16.1 Å². The minimum atomic E-state index is -0.585. The molecule has 170 valence electrons. The summed E-state index contributed by atoms with van der Waals surface area (Å²) in [5, 5.41) is 29.4. The van der Waals surface area contributed by atoms with Crippen LogP contribution in [0.2, 0.25) is 0 Å². The monoisotopic (exact) mass is 442 g/mol. The van der Waals surface area contributed by atoms with E-state index in [0.717, 1.165) is 18.8 Å². The van der Waals surface area contributed by atoms with E-state index in [2.05, 4.69) is 40.7 Å². The van der Waals surface area contributed by atoms with E-state index >= 15 is 0 Å². The third kappa shape index (κ3) is 4.83. The molecule has 2 aromatic heterocycles. The summed E-state index contributed by atoms with van der Waals surface area (Å²) in [7, 11) is 3.65. The van der Waals surface area contributed by atoms with Crippen LogP contribution in [-0.4, -0.2) is 74.6 Å². The van der Waals surface area contributed by atoms with Crippen LogP contribution in [0.15, 0.2) is 27.9 Å². The number of aromatic nitrogens is 5. The SMILES string of the molecule is CCN(CC)c1ccc(C=NNC(=O)c2nnn(-c3nonc3N)c2CN(C)C)c(O)c1. The van der Waals surface area contributed by atoms with Gasteiger partial charge in [-0.2, -0.15) is 9.78 Å². The number of aromatic hydroxyl groups is 1. The van der Waals surface area contributed by atoms with Gasteiger partial charge in [0.05, 0.1) is 11.9 Å². The van der Waals surface area contributed by atoms with Crippen LogP contribution >= 0.6 is 0 Å². The Hall–Kier alpha value is -4.00. The van der Waals surface area contributed by atoms with Crippen molar-refractivity contribution in [3.8, 4) is 11.6 Å². The largest absolute Gasteiger partial charge is 0.507 e. The van der Waals surface area contributed by atoms with Crippen molar-refractivity contribution >= 4 is 23.6 Å². The summed E-state index contributed by atoms with van der Waals surface area (Å²) in [5.74, 6) is -0.377. The molecule has 13 heteroatoms. The molecule has 0 fully saturated rings. The van der Waals surface area contributed by atoms with Crippen LogP contribution in [-0.2, 0) is 6.54 Å². The van der Waals surface area contributed by atoms with E-state index in [4.69, 9.17) is 5.73 Å². The Labute approximate surface area is 184 Å². The normalized spacial score (nSPS) is 11.4. The fourth-order valence-corrected chi connectivity index (χ4v) is 3.07. The molecule has 1 aromatic carbocycles. The van der Waals surface area contributed by atoms with E-state index in [0.29, 0.717) is 17.8 Å². The summed E-state index contributed by atoms with van der Waals surface area (Å²) in [6.07, 6.45) is 1.36. The summed E-state index contributed by atoms with van der Waals surface area (Å²) in [4.78, 5) is 16.6. The van der Waals surface area contributed by atoms with Gasteiger partial charge in [-0.15, -0.1) is 5.10 Å². The number of amides is 1. The number of phenols is 1. The first-order valence-electron chi connectivity index (χ1n) is 9.94. The molecule has 0 aliphatic heterocycles. The number of nitrogen functional groups attached to an aromatic ring is 1. The average Bonchev–Trinajstić information content (AvgIpc) is 3.35. The molecule has 3 rings (SSSR count). The smallest absolute Gasteiger partial charge is 0.293 e. The predicted molar refractivity (Wildman–Crippen MR) is 118 cm³/mol. The quantitative estimate of drug-likeness (QED) is 0.316. The van der Waals surface area contributed by atoms with E-state index in [1.54, 1.807) is 12.1 Å². The highest BCUT2D eigenvalue weighted by Crippen LogP contribution is 2.23. The average molecular weight is 442 g/mol. The number of benzene rings is 1. The molecule has 0 saturated heterocycles. The molecule has 0 atom stereocenters. The number of rotatable bonds is 9. The molecular weight excluding hydrogens is 416 g/mol. The second-order valence-corrected chi connectivity index (χ2v) is 7.12. The van der Waals surface area contributed by atoms with Crippen LogP contribution in [0.5, 0.6) is 5.75 Å². The van der Waals surface area contributed by atoms with Crippen molar-refractivity contribution in [1.82, 2.24) is 35.6 Å². The fourth-order valence-electron chi connectivity index (χ4n) is 3.07. The van der Waals surface area contributed by atoms with Gasteiger partial charge in [0.25, 0.3) is 5.91 Å². The first-order valence-corrected chi connectivity index (χ1v) is 9.94. The highest BCUT2D eigenvalue weighted by atomic mass is 16.6. The van der Waals surface area contributed by atoms with E-state index in [-0.39, 0.29) is 23.1 Å². The molecule has 0 bridgehead atoms. The molecule has 1 amide bonds. The predicted octanol–water partition coefficient (Wildman–Crippen LogP) is 0.610. The van der Waals surface area contributed by atoms with Crippen molar-refractivity contribution in [3.05, 3.63) is 35.2 Å². The van der Waals surface area contributed by atoms with Gasteiger partial charge in [-0.25, -0.2) is 10.1 Å². The van der Waals surface area contributed by atoms with Gasteiger partial charge in [0.2, 0.25) is 11.6 Å². The van der Waals surface area contributed by atoms with Gasteiger partial charge in [0.15, 0.2) is 5.69 Å². The number of nitrogens with two attached hydrogens (primary N) is 1. The molecule has 0 saturated carbocycles. The van der Waals surface area contributed by atoms with E-state index in [1.165, 1.54) is 10.9 Å². The van der Waals surface area contributed by atoms with Crippen molar-refractivity contribution in [1.29, 1.82) is 0 Å². The van der Waals surface area contributed by atoms with Crippen molar-refractivity contribution in [2.75, 3.05) is 37.8 Å².